The fourth-order valence-electron chi connectivity index (χ4n) is 2.43. The van der Waals surface area contributed by atoms with Gasteiger partial charge in [0, 0.05) is 26.2 Å². The molecule has 1 heterocycles. The van der Waals surface area contributed by atoms with Crippen LogP contribution in [0.1, 0.15) is 24.8 Å². The minimum atomic E-state index is -0.155. The number of nitrogens with zero attached hydrogens (tertiary/aromatic N) is 2. The van der Waals surface area contributed by atoms with Gasteiger partial charge in [-0.15, -0.1) is 0 Å². The number of rotatable bonds is 5. The summed E-state index contributed by atoms with van der Waals surface area (Å²) < 4.78 is 5.34. The highest BCUT2D eigenvalue weighted by Gasteiger charge is 2.17. The van der Waals surface area contributed by atoms with Gasteiger partial charge in [0.25, 0.3) is 0 Å². The third-order valence-corrected chi connectivity index (χ3v) is 3.61. The maximum Gasteiger partial charge on any atom is 0.409 e. The Labute approximate surface area is 121 Å². The maximum atomic E-state index is 11.8. The average molecular weight is 276 g/mol. The maximum absolute atomic E-state index is 11.8. The van der Waals surface area contributed by atoms with Crippen molar-refractivity contribution in [2.45, 2.75) is 25.8 Å². The number of carbonyl (C=O) groups is 1. The van der Waals surface area contributed by atoms with Crippen LogP contribution in [-0.2, 0) is 11.3 Å². The van der Waals surface area contributed by atoms with Crippen LogP contribution in [0.2, 0.25) is 0 Å². The van der Waals surface area contributed by atoms with E-state index in [2.05, 4.69) is 17.0 Å². The highest BCUT2D eigenvalue weighted by molar-refractivity contribution is 5.67. The molecule has 4 nitrogen and oxygen atoms in total. The zero-order valence-electron chi connectivity index (χ0n) is 12.3. The normalized spacial score (nSPS) is 15.4. The molecule has 0 aliphatic carbocycles. The second-order valence-corrected chi connectivity index (χ2v) is 5.39. The van der Waals surface area contributed by atoms with Crippen LogP contribution in [0.15, 0.2) is 30.3 Å². The Morgan fingerprint density at radius 3 is 2.60 bits per heavy atom. The first-order valence-corrected chi connectivity index (χ1v) is 7.40. The van der Waals surface area contributed by atoms with Gasteiger partial charge in [-0.2, -0.15) is 0 Å². The summed E-state index contributed by atoms with van der Waals surface area (Å²) >= 11 is 0. The lowest BCUT2D eigenvalue weighted by atomic mass is 10.1. The zero-order chi connectivity index (χ0) is 14.2. The Morgan fingerprint density at radius 2 is 1.90 bits per heavy atom. The molecule has 0 aromatic heterocycles. The van der Waals surface area contributed by atoms with Crippen LogP contribution in [0, 0.1) is 0 Å². The molecule has 1 aliphatic heterocycles. The van der Waals surface area contributed by atoms with Crippen molar-refractivity contribution in [3.63, 3.8) is 0 Å². The molecule has 0 radical (unpaired) electrons. The number of likely N-dealkylation sites (tertiary alicyclic amines) is 1. The average Bonchev–Trinajstić information content (AvgIpc) is 2.49. The molecule has 1 aromatic carbocycles. The number of carbonyl (C=O) groups excluding carboxylic acids is 1. The Kier molecular flexibility index (Phi) is 5.87. The van der Waals surface area contributed by atoms with Crippen LogP contribution in [-0.4, -0.2) is 49.2 Å². The standard InChI is InChI=1S/C16H24N2O2/c1-17(14-15-8-4-2-5-9-15)12-13-20-16(19)18-10-6-3-7-11-18/h2,4-5,8-9H,3,6-7,10-14H2,1H3. The molecule has 2 rings (SSSR count). The van der Waals surface area contributed by atoms with E-state index in [0.29, 0.717) is 6.61 Å². The van der Waals surface area contributed by atoms with Crippen molar-refractivity contribution in [2.24, 2.45) is 0 Å². The first kappa shape index (κ1) is 14.9. The lowest BCUT2D eigenvalue weighted by Gasteiger charge is -2.26. The van der Waals surface area contributed by atoms with Gasteiger partial charge in [0.15, 0.2) is 0 Å². The van der Waals surface area contributed by atoms with E-state index in [1.807, 2.05) is 30.1 Å². The molecule has 1 amide bonds. The van der Waals surface area contributed by atoms with E-state index in [4.69, 9.17) is 4.74 Å². The number of piperidine rings is 1. The van der Waals surface area contributed by atoms with Gasteiger partial charge in [0.2, 0.25) is 0 Å². The van der Waals surface area contributed by atoms with Crippen molar-refractivity contribution in [1.82, 2.24) is 9.80 Å². The van der Waals surface area contributed by atoms with Gasteiger partial charge < -0.3 is 9.64 Å². The first-order valence-electron chi connectivity index (χ1n) is 7.40. The predicted molar refractivity (Wildman–Crippen MR) is 79.5 cm³/mol. The van der Waals surface area contributed by atoms with Crippen molar-refractivity contribution in [1.29, 1.82) is 0 Å². The summed E-state index contributed by atoms with van der Waals surface area (Å²) in [4.78, 5) is 15.8. The lowest BCUT2D eigenvalue weighted by molar-refractivity contribution is 0.0867. The number of hydrogen-bond donors (Lipinski definition) is 0. The molecule has 0 atom stereocenters. The molecular formula is C16H24N2O2. The number of benzene rings is 1. The van der Waals surface area contributed by atoms with Gasteiger partial charge in [-0.1, -0.05) is 30.3 Å². The lowest BCUT2D eigenvalue weighted by Crippen LogP contribution is -2.37. The van der Waals surface area contributed by atoms with Crippen LogP contribution < -0.4 is 0 Å². The summed E-state index contributed by atoms with van der Waals surface area (Å²) in [5.41, 5.74) is 1.28. The van der Waals surface area contributed by atoms with Crippen LogP contribution in [0.5, 0.6) is 0 Å². The highest BCUT2D eigenvalue weighted by atomic mass is 16.6. The molecule has 20 heavy (non-hydrogen) atoms. The number of hydrogen-bond acceptors (Lipinski definition) is 3. The van der Waals surface area contributed by atoms with E-state index in [-0.39, 0.29) is 6.09 Å². The van der Waals surface area contributed by atoms with E-state index in [0.717, 1.165) is 39.0 Å². The summed E-state index contributed by atoms with van der Waals surface area (Å²) in [5.74, 6) is 0. The molecule has 110 valence electrons. The second kappa shape index (κ2) is 7.90. The minimum absolute atomic E-state index is 0.155. The highest BCUT2D eigenvalue weighted by Crippen LogP contribution is 2.09. The van der Waals surface area contributed by atoms with Crippen LogP contribution in [0.4, 0.5) is 4.79 Å². The molecule has 1 aromatic rings. The third-order valence-electron chi connectivity index (χ3n) is 3.61. The molecule has 1 fully saturated rings. The minimum Gasteiger partial charge on any atom is -0.448 e. The molecule has 0 N–H and O–H groups in total. The zero-order valence-corrected chi connectivity index (χ0v) is 12.3. The predicted octanol–water partition coefficient (Wildman–Crippen LogP) is 2.74. The second-order valence-electron chi connectivity index (χ2n) is 5.39. The van der Waals surface area contributed by atoms with E-state index >= 15 is 0 Å². The van der Waals surface area contributed by atoms with Crippen LogP contribution in [0.25, 0.3) is 0 Å². The van der Waals surface area contributed by atoms with E-state index in [9.17, 15) is 4.79 Å². The van der Waals surface area contributed by atoms with Crippen LogP contribution in [0.3, 0.4) is 0 Å². The van der Waals surface area contributed by atoms with Crippen molar-refractivity contribution < 1.29 is 9.53 Å². The van der Waals surface area contributed by atoms with E-state index < -0.39 is 0 Å². The third kappa shape index (κ3) is 4.85. The molecule has 0 bridgehead atoms. The van der Waals surface area contributed by atoms with Gasteiger partial charge in [-0.05, 0) is 31.9 Å². The summed E-state index contributed by atoms with van der Waals surface area (Å²) in [6.07, 6.45) is 3.27. The quantitative estimate of drug-likeness (QED) is 0.829. The van der Waals surface area contributed by atoms with Crippen LogP contribution >= 0.6 is 0 Å². The molecule has 0 unspecified atom stereocenters. The molecule has 4 heteroatoms. The number of ether oxygens (including phenoxy) is 1. The SMILES string of the molecule is CN(CCOC(=O)N1CCCCC1)Cc1ccccc1. The smallest absolute Gasteiger partial charge is 0.409 e. The Hall–Kier alpha value is -1.55. The number of likely N-dealkylation sites (N-methyl/N-ethyl adjacent to an activating group) is 1. The van der Waals surface area contributed by atoms with Crippen molar-refractivity contribution in [3.05, 3.63) is 35.9 Å². The molecular weight excluding hydrogens is 252 g/mol. The summed E-state index contributed by atoms with van der Waals surface area (Å²) in [6.45, 7) is 3.78. The van der Waals surface area contributed by atoms with E-state index in [1.54, 1.807) is 0 Å². The van der Waals surface area contributed by atoms with Gasteiger partial charge in [-0.25, -0.2) is 4.79 Å². The fraction of sp³-hybridized carbons (Fsp3) is 0.562. The molecule has 1 aliphatic rings. The van der Waals surface area contributed by atoms with Crippen molar-refractivity contribution in [3.8, 4) is 0 Å². The largest absolute Gasteiger partial charge is 0.448 e. The summed E-state index contributed by atoms with van der Waals surface area (Å²) in [7, 11) is 2.04. The number of amides is 1. The molecule has 1 saturated heterocycles. The molecule has 0 spiro atoms. The topological polar surface area (TPSA) is 32.8 Å². The Bertz CT molecular complexity index is 402. The monoisotopic (exact) mass is 276 g/mol. The molecule has 0 saturated carbocycles. The van der Waals surface area contributed by atoms with Crippen molar-refractivity contribution in [2.75, 3.05) is 33.3 Å². The Balaban J connectivity index is 1.63. The summed E-state index contributed by atoms with van der Waals surface area (Å²) in [6, 6.07) is 10.3. The van der Waals surface area contributed by atoms with Gasteiger partial charge in [0.05, 0.1) is 0 Å². The van der Waals surface area contributed by atoms with Gasteiger partial charge in [-0.3, -0.25) is 4.90 Å². The van der Waals surface area contributed by atoms with E-state index in [1.165, 1.54) is 12.0 Å². The van der Waals surface area contributed by atoms with Gasteiger partial charge >= 0.3 is 6.09 Å². The van der Waals surface area contributed by atoms with Gasteiger partial charge in [0.1, 0.15) is 6.61 Å². The first-order chi connectivity index (χ1) is 9.75. The fourth-order valence-corrected chi connectivity index (χ4v) is 2.43. The summed E-state index contributed by atoms with van der Waals surface area (Å²) in [5, 5.41) is 0. The Morgan fingerprint density at radius 1 is 1.20 bits per heavy atom. The van der Waals surface area contributed by atoms with Crippen molar-refractivity contribution >= 4 is 6.09 Å².